The minimum atomic E-state index is 0.116. The van der Waals surface area contributed by atoms with Gasteiger partial charge in [0.1, 0.15) is 12.4 Å². The van der Waals surface area contributed by atoms with Gasteiger partial charge in [0.25, 0.3) is 0 Å². The van der Waals surface area contributed by atoms with Crippen molar-refractivity contribution >= 4 is 0 Å². The summed E-state index contributed by atoms with van der Waals surface area (Å²) >= 11 is 0. The summed E-state index contributed by atoms with van der Waals surface area (Å²) in [7, 11) is 0. The third-order valence-corrected chi connectivity index (χ3v) is 3.58. The fourth-order valence-electron chi connectivity index (χ4n) is 2.08. The number of benzene rings is 2. The van der Waals surface area contributed by atoms with Gasteiger partial charge in [-0.15, -0.1) is 0 Å². The molecule has 0 aliphatic carbocycles. The van der Waals surface area contributed by atoms with E-state index < -0.39 is 0 Å². The SMILES string of the molecule is CCc1ccc(COc2ccc([C@H](N)CC)cc2)cc1. The van der Waals surface area contributed by atoms with Crippen molar-refractivity contribution in [2.45, 2.75) is 39.3 Å². The highest BCUT2D eigenvalue weighted by atomic mass is 16.5. The molecule has 2 rings (SSSR count). The topological polar surface area (TPSA) is 35.2 Å². The first-order valence-corrected chi connectivity index (χ1v) is 7.29. The Morgan fingerprint density at radius 3 is 2.05 bits per heavy atom. The van der Waals surface area contributed by atoms with Crippen LogP contribution in [0.5, 0.6) is 5.75 Å². The maximum atomic E-state index is 6.00. The van der Waals surface area contributed by atoms with Gasteiger partial charge >= 0.3 is 0 Å². The van der Waals surface area contributed by atoms with Crippen molar-refractivity contribution < 1.29 is 4.74 Å². The number of nitrogens with two attached hydrogens (primary N) is 1. The number of ether oxygens (including phenoxy) is 1. The molecule has 2 aromatic rings. The summed E-state index contributed by atoms with van der Waals surface area (Å²) in [6.07, 6.45) is 2.02. The molecule has 106 valence electrons. The van der Waals surface area contributed by atoms with Crippen LogP contribution in [-0.2, 0) is 13.0 Å². The van der Waals surface area contributed by atoms with Gasteiger partial charge in [-0.2, -0.15) is 0 Å². The highest BCUT2D eigenvalue weighted by Crippen LogP contribution is 2.19. The predicted octanol–water partition coefficient (Wildman–Crippen LogP) is 4.24. The molecule has 0 amide bonds. The molecule has 2 aromatic carbocycles. The smallest absolute Gasteiger partial charge is 0.119 e. The lowest BCUT2D eigenvalue weighted by molar-refractivity contribution is 0.306. The molecular weight excluding hydrogens is 246 g/mol. The number of hydrogen-bond acceptors (Lipinski definition) is 2. The van der Waals surface area contributed by atoms with E-state index in [1.165, 1.54) is 11.1 Å². The van der Waals surface area contributed by atoms with E-state index in [9.17, 15) is 0 Å². The van der Waals surface area contributed by atoms with Crippen LogP contribution in [0, 0.1) is 0 Å². The minimum absolute atomic E-state index is 0.116. The van der Waals surface area contributed by atoms with Gasteiger partial charge in [0.2, 0.25) is 0 Å². The Morgan fingerprint density at radius 2 is 1.50 bits per heavy atom. The van der Waals surface area contributed by atoms with Crippen LogP contribution < -0.4 is 10.5 Å². The molecular formula is C18H23NO. The van der Waals surface area contributed by atoms with Crippen LogP contribution in [0.1, 0.15) is 43.0 Å². The van der Waals surface area contributed by atoms with Crippen LogP contribution in [0.25, 0.3) is 0 Å². The molecule has 0 spiro atoms. The molecule has 2 N–H and O–H groups in total. The molecule has 0 aliphatic rings. The molecule has 2 heteroatoms. The average molecular weight is 269 g/mol. The van der Waals surface area contributed by atoms with Gasteiger partial charge in [-0.1, -0.05) is 50.2 Å². The molecule has 0 unspecified atom stereocenters. The highest BCUT2D eigenvalue weighted by Gasteiger charge is 2.03. The molecule has 0 aromatic heterocycles. The molecule has 0 saturated carbocycles. The fourth-order valence-corrected chi connectivity index (χ4v) is 2.08. The molecule has 0 saturated heterocycles. The quantitative estimate of drug-likeness (QED) is 0.851. The molecule has 0 heterocycles. The lowest BCUT2D eigenvalue weighted by Gasteiger charge is -2.11. The lowest BCUT2D eigenvalue weighted by Crippen LogP contribution is -2.08. The van der Waals surface area contributed by atoms with Crippen LogP contribution in [0.4, 0.5) is 0 Å². The van der Waals surface area contributed by atoms with Gasteiger partial charge in [-0.25, -0.2) is 0 Å². The molecule has 0 bridgehead atoms. The van der Waals surface area contributed by atoms with Crippen LogP contribution in [0.3, 0.4) is 0 Å². The predicted molar refractivity (Wildman–Crippen MR) is 83.8 cm³/mol. The Bertz CT molecular complexity index is 516. The van der Waals surface area contributed by atoms with Crippen molar-refractivity contribution in [2.24, 2.45) is 5.73 Å². The summed E-state index contributed by atoms with van der Waals surface area (Å²) in [5, 5.41) is 0. The zero-order chi connectivity index (χ0) is 14.4. The third-order valence-electron chi connectivity index (χ3n) is 3.58. The van der Waals surface area contributed by atoms with Crippen LogP contribution >= 0.6 is 0 Å². The number of rotatable bonds is 6. The molecule has 20 heavy (non-hydrogen) atoms. The van der Waals surface area contributed by atoms with E-state index in [1.54, 1.807) is 0 Å². The summed E-state index contributed by atoms with van der Waals surface area (Å²) in [5.41, 5.74) is 9.70. The van der Waals surface area contributed by atoms with Gasteiger partial charge < -0.3 is 10.5 Å². The molecule has 0 fully saturated rings. The van der Waals surface area contributed by atoms with E-state index in [0.29, 0.717) is 6.61 Å². The Kier molecular flexibility index (Phi) is 5.19. The zero-order valence-electron chi connectivity index (χ0n) is 12.3. The molecule has 1 atom stereocenters. The second-order valence-electron chi connectivity index (χ2n) is 5.04. The number of hydrogen-bond donors (Lipinski definition) is 1. The normalized spacial score (nSPS) is 12.2. The highest BCUT2D eigenvalue weighted by molar-refractivity contribution is 5.29. The van der Waals surface area contributed by atoms with Crippen molar-refractivity contribution in [2.75, 3.05) is 0 Å². The van der Waals surface area contributed by atoms with Crippen molar-refractivity contribution in [1.29, 1.82) is 0 Å². The van der Waals surface area contributed by atoms with Gasteiger partial charge in [0.15, 0.2) is 0 Å². The Morgan fingerprint density at radius 1 is 0.900 bits per heavy atom. The Labute approximate surface area is 121 Å². The first-order chi connectivity index (χ1) is 9.72. The van der Waals surface area contributed by atoms with Gasteiger partial charge in [0.05, 0.1) is 0 Å². The van der Waals surface area contributed by atoms with Crippen molar-refractivity contribution in [1.82, 2.24) is 0 Å². The second kappa shape index (κ2) is 7.11. The first-order valence-electron chi connectivity index (χ1n) is 7.29. The summed E-state index contributed by atoms with van der Waals surface area (Å²) in [6, 6.07) is 16.7. The van der Waals surface area contributed by atoms with E-state index in [0.717, 1.165) is 24.2 Å². The summed E-state index contributed by atoms with van der Waals surface area (Å²) < 4.78 is 5.79. The maximum absolute atomic E-state index is 6.00. The van der Waals surface area contributed by atoms with E-state index in [1.807, 2.05) is 24.3 Å². The van der Waals surface area contributed by atoms with E-state index in [4.69, 9.17) is 10.5 Å². The van der Waals surface area contributed by atoms with E-state index in [-0.39, 0.29) is 6.04 Å². The number of aryl methyl sites for hydroxylation is 1. The van der Waals surface area contributed by atoms with Gasteiger partial charge in [-0.05, 0) is 41.7 Å². The Hall–Kier alpha value is -1.80. The fraction of sp³-hybridized carbons (Fsp3) is 0.333. The molecule has 0 aliphatic heterocycles. The largest absolute Gasteiger partial charge is 0.489 e. The lowest BCUT2D eigenvalue weighted by atomic mass is 10.1. The van der Waals surface area contributed by atoms with Gasteiger partial charge in [0, 0.05) is 6.04 Å². The van der Waals surface area contributed by atoms with Crippen molar-refractivity contribution in [3.05, 3.63) is 65.2 Å². The average Bonchev–Trinajstić information content (AvgIpc) is 2.53. The summed E-state index contributed by atoms with van der Waals surface area (Å²) in [6.45, 7) is 4.85. The van der Waals surface area contributed by atoms with E-state index >= 15 is 0 Å². The summed E-state index contributed by atoms with van der Waals surface area (Å²) in [5.74, 6) is 0.886. The molecule has 0 radical (unpaired) electrons. The van der Waals surface area contributed by atoms with E-state index in [2.05, 4.69) is 38.1 Å². The summed E-state index contributed by atoms with van der Waals surface area (Å²) in [4.78, 5) is 0. The first kappa shape index (κ1) is 14.6. The minimum Gasteiger partial charge on any atom is -0.489 e. The van der Waals surface area contributed by atoms with Crippen LogP contribution in [0.2, 0.25) is 0 Å². The standard InChI is InChI=1S/C18H23NO/c1-3-14-5-7-15(8-6-14)13-20-17-11-9-16(10-12-17)18(19)4-2/h5-12,18H,3-4,13,19H2,1-2H3/t18-/m1/s1. The monoisotopic (exact) mass is 269 g/mol. The van der Waals surface area contributed by atoms with Gasteiger partial charge in [-0.3, -0.25) is 0 Å². The Balaban J connectivity index is 1.93. The maximum Gasteiger partial charge on any atom is 0.119 e. The van der Waals surface area contributed by atoms with Crippen molar-refractivity contribution in [3.63, 3.8) is 0 Å². The van der Waals surface area contributed by atoms with Crippen LogP contribution in [-0.4, -0.2) is 0 Å². The van der Waals surface area contributed by atoms with Crippen LogP contribution in [0.15, 0.2) is 48.5 Å². The zero-order valence-corrected chi connectivity index (χ0v) is 12.3. The van der Waals surface area contributed by atoms with Crippen molar-refractivity contribution in [3.8, 4) is 5.75 Å². The molecule has 2 nitrogen and oxygen atoms in total. The third kappa shape index (κ3) is 3.84. The second-order valence-corrected chi connectivity index (χ2v) is 5.04.